The highest BCUT2D eigenvalue weighted by Crippen LogP contribution is 2.24. The van der Waals surface area contributed by atoms with Crippen LogP contribution in [0.3, 0.4) is 0 Å². The summed E-state index contributed by atoms with van der Waals surface area (Å²) in [5, 5.41) is 7.03. The van der Waals surface area contributed by atoms with E-state index in [1.54, 1.807) is 0 Å². The average Bonchev–Trinajstić information content (AvgIpc) is 3.17. The summed E-state index contributed by atoms with van der Waals surface area (Å²) in [7, 11) is 0. The Labute approximate surface area is 146 Å². The number of aromatic nitrogens is 2. The molecular formula is C19H22FN3O2. The van der Waals surface area contributed by atoms with Gasteiger partial charge >= 0.3 is 0 Å². The molecule has 1 fully saturated rings. The summed E-state index contributed by atoms with van der Waals surface area (Å²) in [4.78, 5) is 27.0. The van der Waals surface area contributed by atoms with Crippen LogP contribution < -0.4 is 0 Å². The van der Waals surface area contributed by atoms with E-state index in [4.69, 9.17) is 0 Å². The van der Waals surface area contributed by atoms with Crippen molar-refractivity contribution >= 4 is 11.7 Å². The first-order valence-electron chi connectivity index (χ1n) is 8.54. The van der Waals surface area contributed by atoms with Crippen LogP contribution in [0.15, 0.2) is 24.3 Å². The largest absolute Gasteiger partial charge is 0.339 e. The van der Waals surface area contributed by atoms with Gasteiger partial charge in [0.2, 0.25) is 5.91 Å². The standard InChI is InChI=1S/C19H22FN3O2/c1-12-17(13(2)22-21-12)11-19(25)23-9-3-4-16(23)10-18(24)14-5-7-15(20)8-6-14/h5-8,16H,3-4,9-11H2,1-2H3,(H,21,22)/t16-/m1/s1. The highest BCUT2D eigenvalue weighted by atomic mass is 19.1. The molecule has 1 aliphatic rings. The minimum atomic E-state index is -0.361. The Balaban J connectivity index is 1.66. The van der Waals surface area contributed by atoms with Crippen molar-refractivity contribution in [3.05, 3.63) is 52.6 Å². The van der Waals surface area contributed by atoms with Crippen LogP contribution in [0.1, 0.15) is 46.6 Å². The van der Waals surface area contributed by atoms with Gasteiger partial charge in [-0.15, -0.1) is 0 Å². The summed E-state index contributed by atoms with van der Waals surface area (Å²) >= 11 is 0. The third-order valence-electron chi connectivity index (χ3n) is 4.89. The van der Waals surface area contributed by atoms with E-state index in [0.717, 1.165) is 29.8 Å². The van der Waals surface area contributed by atoms with Gasteiger partial charge in [0.1, 0.15) is 5.82 Å². The zero-order chi connectivity index (χ0) is 18.0. The molecule has 0 saturated carbocycles. The second kappa shape index (κ2) is 7.17. The summed E-state index contributed by atoms with van der Waals surface area (Å²) in [6, 6.07) is 5.48. The molecule has 1 atom stereocenters. The Bertz CT molecular complexity index is 763. The van der Waals surface area contributed by atoms with Crippen molar-refractivity contribution in [2.75, 3.05) is 6.54 Å². The number of nitrogens with one attached hydrogen (secondary N) is 1. The first kappa shape index (κ1) is 17.3. The third kappa shape index (κ3) is 3.78. The first-order chi connectivity index (χ1) is 12.0. The molecule has 0 bridgehead atoms. The van der Waals surface area contributed by atoms with E-state index in [0.29, 0.717) is 18.5 Å². The fourth-order valence-corrected chi connectivity index (χ4v) is 3.43. The summed E-state index contributed by atoms with van der Waals surface area (Å²) < 4.78 is 13.0. The molecule has 1 aliphatic heterocycles. The van der Waals surface area contributed by atoms with Gasteiger partial charge in [-0.05, 0) is 51.0 Å². The van der Waals surface area contributed by atoms with Crippen LogP contribution in [0.2, 0.25) is 0 Å². The number of hydrogen-bond acceptors (Lipinski definition) is 3. The molecule has 1 aromatic heterocycles. The number of likely N-dealkylation sites (tertiary alicyclic amines) is 1. The molecule has 25 heavy (non-hydrogen) atoms. The van der Waals surface area contributed by atoms with Crippen LogP contribution in [0, 0.1) is 19.7 Å². The fraction of sp³-hybridized carbons (Fsp3) is 0.421. The number of carbonyl (C=O) groups excluding carboxylic acids is 2. The van der Waals surface area contributed by atoms with Crippen molar-refractivity contribution in [2.45, 2.75) is 45.6 Å². The van der Waals surface area contributed by atoms with Gasteiger partial charge in [-0.1, -0.05) is 0 Å². The Morgan fingerprint density at radius 1 is 1.28 bits per heavy atom. The zero-order valence-corrected chi connectivity index (χ0v) is 14.5. The molecule has 1 N–H and O–H groups in total. The maximum atomic E-state index is 13.0. The van der Waals surface area contributed by atoms with Crippen LogP contribution in [0.4, 0.5) is 4.39 Å². The number of aryl methyl sites for hydroxylation is 2. The lowest BCUT2D eigenvalue weighted by molar-refractivity contribution is -0.131. The number of Topliss-reactive ketones (excluding diaryl/α,β-unsaturated/α-hetero) is 1. The summed E-state index contributed by atoms with van der Waals surface area (Å²) in [6.07, 6.45) is 2.30. The zero-order valence-electron chi connectivity index (χ0n) is 14.5. The van der Waals surface area contributed by atoms with Crippen molar-refractivity contribution < 1.29 is 14.0 Å². The van der Waals surface area contributed by atoms with Gasteiger partial charge in [0, 0.05) is 35.8 Å². The molecule has 1 saturated heterocycles. The molecule has 3 rings (SSSR count). The van der Waals surface area contributed by atoms with Crippen LogP contribution in [-0.2, 0) is 11.2 Å². The van der Waals surface area contributed by atoms with E-state index in [1.165, 1.54) is 24.3 Å². The van der Waals surface area contributed by atoms with Gasteiger partial charge in [0.05, 0.1) is 12.1 Å². The predicted molar refractivity (Wildman–Crippen MR) is 91.8 cm³/mol. The van der Waals surface area contributed by atoms with Crippen LogP contribution in [-0.4, -0.2) is 39.4 Å². The molecule has 1 amide bonds. The summed E-state index contributed by atoms with van der Waals surface area (Å²) in [6.45, 7) is 4.46. The number of ketones is 1. The van der Waals surface area contributed by atoms with Gasteiger partial charge in [0.15, 0.2) is 5.78 Å². The summed E-state index contributed by atoms with van der Waals surface area (Å²) in [5.74, 6) is -0.387. The highest BCUT2D eigenvalue weighted by molar-refractivity contribution is 5.96. The van der Waals surface area contributed by atoms with E-state index in [-0.39, 0.29) is 30.0 Å². The van der Waals surface area contributed by atoms with E-state index in [2.05, 4.69) is 10.2 Å². The molecule has 0 spiro atoms. The molecule has 132 valence electrons. The van der Waals surface area contributed by atoms with Crippen LogP contribution in [0.25, 0.3) is 0 Å². The van der Waals surface area contributed by atoms with Crippen molar-refractivity contribution in [2.24, 2.45) is 0 Å². The fourth-order valence-electron chi connectivity index (χ4n) is 3.43. The van der Waals surface area contributed by atoms with Gasteiger partial charge in [-0.25, -0.2) is 4.39 Å². The van der Waals surface area contributed by atoms with E-state index in [9.17, 15) is 14.0 Å². The van der Waals surface area contributed by atoms with Gasteiger partial charge in [0.25, 0.3) is 0 Å². The number of carbonyl (C=O) groups is 2. The molecule has 5 nitrogen and oxygen atoms in total. The second-order valence-electron chi connectivity index (χ2n) is 6.61. The monoisotopic (exact) mass is 343 g/mol. The third-order valence-corrected chi connectivity index (χ3v) is 4.89. The first-order valence-corrected chi connectivity index (χ1v) is 8.54. The van der Waals surface area contributed by atoms with Crippen LogP contribution >= 0.6 is 0 Å². The molecule has 2 aromatic rings. The van der Waals surface area contributed by atoms with Crippen molar-refractivity contribution in [1.29, 1.82) is 0 Å². The molecule has 0 aliphatic carbocycles. The van der Waals surface area contributed by atoms with Crippen molar-refractivity contribution in [1.82, 2.24) is 15.1 Å². The second-order valence-corrected chi connectivity index (χ2v) is 6.61. The number of nitrogens with zero attached hydrogens (tertiary/aromatic N) is 2. The van der Waals surface area contributed by atoms with E-state index in [1.807, 2.05) is 18.7 Å². The number of halogens is 1. The molecule has 6 heteroatoms. The number of amides is 1. The maximum absolute atomic E-state index is 13.0. The number of rotatable bonds is 5. The normalized spacial score (nSPS) is 17.1. The van der Waals surface area contributed by atoms with E-state index < -0.39 is 0 Å². The number of benzene rings is 1. The number of H-pyrrole nitrogens is 1. The average molecular weight is 343 g/mol. The van der Waals surface area contributed by atoms with Crippen molar-refractivity contribution in [3.8, 4) is 0 Å². The summed E-state index contributed by atoms with van der Waals surface area (Å²) in [5.41, 5.74) is 3.16. The SMILES string of the molecule is Cc1n[nH]c(C)c1CC(=O)N1CCC[C@@H]1CC(=O)c1ccc(F)cc1. The molecular weight excluding hydrogens is 321 g/mol. The Morgan fingerprint density at radius 2 is 2.00 bits per heavy atom. The molecule has 0 radical (unpaired) electrons. The molecule has 2 heterocycles. The van der Waals surface area contributed by atoms with Crippen molar-refractivity contribution in [3.63, 3.8) is 0 Å². The smallest absolute Gasteiger partial charge is 0.227 e. The topological polar surface area (TPSA) is 66.1 Å². The van der Waals surface area contributed by atoms with Gasteiger partial charge < -0.3 is 4.90 Å². The quantitative estimate of drug-likeness (QED) is 0.849. The highest BCUT2D eigenvalue weighted by Gasteiger charge is 2.31. The maximum Gasteiger partial charge on any atom is 0.227 e. The molecule has 0 unspecified atom stereocenters. The lowest BCUT2D eigenvalue weighted by Gasteiger charge is -2.24. The Hall–Kier alpha value is -2.50. The van der Waals surface area contributed by atoms with E-state index >= 15 is 0 Å². The minimum absolute atomic E-state index is 0.0296. The number of aromatic amines is 1. The lowest BCUT2D eigenvalue weighted by atomic mass is 10.0. The van der Waals surface area contributed by atoms with Gasteiger partial charge in [-0.2, -0.15) is 5.10 Å². The Kier molecular flexibility index (Phi) is 4.97. The predicted octanol–water partition coefficient (Wildman–Crippen LogP) is 2.97. The van der Waals surface area contributed by atoms with Gasteiger partial charge in [-0.3, -0.25) is 14.7 Å². The minimum Gasteiger partial charge on any atom is -0.339 e. The number of hydrogen-bond donors (Lipinski definition) is 1. The van der Waals surface area contributed by atoms with Crippen LogP contribution in [0.5, 0.6) is 0 Å². The lowest BCUT2D eigenvalue weighted by Crippen LogP contribution is -2.38. The Morgan fingerprint density at radius 3 is 2.64 bits per heavy atom. The molecule has 1 aromatic carbocycles.